The predicted molar refractivity (Wildman–Crippen MR) is 76.3 cm³/mol. The summed E-state index contributed by atoms with van der Waals surface area (Å²) in [5.74, 6) is 0.332. The van der Waals surface area contributed by atoms with Gasteiger partial charge in [0.1, 0.15) is 10.6 Å². The molecule has 0 saturated heterocycles. The van der Waals surface area contributed by atoms with E-state index in [0.29, 0.717) is 17.3 Å². The second kappa shape index (κ2) is 6.56. The van der Waals surface area contributed by atoms with Gasteiger partial charge in [0.25, 0.3) is 0 Å². The number of nitrogens with one attached hydrogen (secondary N) is 1. The van der Waals surface area contributed by atoms with Crippen LogP contribution in [0.1, 0.15) is 12.5 Å². The molecule has 0 aliphatic rings. The number of hydrogen-bond acceptors (Lipinski definition) is 4. The van der Waals surface area contributed by atoms with Crippen molar-refractivity contribution in [3.05, 3.63) is 22.7 Å². The minimum absolute atomic E-state index is 0.0837. The summed E-state index contributed by atoms with van der Waals surface area (Å²) in [6, 6.07) is 3.11. The lowest BCUT2D eigenvalue weighted by Gasteiger charge is -2.18. The maximum Gasteiger partial charge on any atom is 0.246 e. The Labute approximate surface area is 119 Å². The second-order valence-electron chi connectivity index (χ2n) is 4.16. The van der Waals surface area contributed by atoms with Crippen molar-refractivity contribution in [2.75, 3.05) is 27.7 Å². The third kappa shape index (κ3) is 3.60. The zero-order valence-electron chi connectivity index (χ0n) is 11.5. The molecule has 1 rings (SSSR count). The zero-order chi connectivity index (χ0) is 14.6. The lowest BCUT2D eigenvalue weighted by atomic mass is 10.2. The summed E-state index contributed by atoms with van der Waals surface area (Å²) in [5, 5.41) is 3.50. The first-order valence-electron chi connectivity index (χ1n) is 5.84. The summed E-state index contributed by atoms with van der Waals surface area (Å²) in [6.07, 6.45) is 0. The average molecular weight is 307 g/mol. The SMILES string of the molecule is CCNCc1cc(Cl)cc(S(=O)(=O)N(C)C)c1OC. The van der Waals surface area contributed by atoms with Crippen LogP contribution < -0.4 is 10.1 Å². The van der Waals surface area contributed by atoms with Crippen LogP contribution in [0.25, 0.3) is 0 Å². The van der Waals surface area contributed by atoms with Crippen molar-refractivity contribution in [2.45, 2.75) is 18.4 Å². The molecule has 19 heavy (non-hydrogen) atoms. The van der Waals surface area contributed by atoms with Crippen LogP contribution in [0.5, 0.6) is 5.75 Å². The Morgan fingerprint density at radius 3 is 2.47 bits per heavy atom. The first-order valence-corrected chi connectivity index (χ1v) is 7.66. The number of halogens is 1. The number of benzene rings is 1. The van der Waals surface area contributed by atoms with Crippen LogP contribution in [0.4, 0.5) is 0 Å². The van der Waals surface area contributed by atoms with Crippen molar-refractivity contribution in [1.82, 2.24) is 9.62 Å². The molecule has 0 aliphatic heterocycles. The molecule has 0 aromatic heterocycles. The Hall–Kier alpha value is -0.820. The largest absolute Gasteiger partial charge is 0.495 e. The van der Waals surface area contributed by atoms with Crippen LogP contribution in [0.15, 0.2) is 17.0 Å². The van der Waals surface area contributed by atoms with E-state index < -0.39 is 10.0 Å². The van der Waals surface area contributed by atoms with E-state index in [4.69, 9.17) is 16.3 Å². The van der Waals surface area contributed by atoms with Gasteiger partial charge in [-0.25, -0.2) is 12.7 Å². The molecule has 7 heteroatoms. The van der Waals surface area contributed by atoms with Crippen LogP contribution in [0, 0.1) is 0 Å². The summed E-state index contributed by atoms with van der Waals surface area (Å²) in [6.45, 7) is 3.23. The van der Waals surface area contributed by atoms with E-state index in [2.05, 4.69) is 5.32 Å². The third-order valence-electron chi connectivity index (χ3n) is 2.62. The number of rotatable bonds is 6. The minimum atomic E-state index is -3.59. The molecule has 0 spiro atoms. The molecule has 0 fully saturated rings. The maximum atomic E-state index is 12.3. The lowest BCUT2D eigenvalue weighted by Crippen LogP contribution is -2.23. The summed E-state index contributed by atoms with van der Waals surface area (Å²) in [7, 11) is 0.802. The van der Waals surface area contributed by atoms with E-state index in [1.807, 2.05) is 6.92 Å². The van der Waals surface area contributed by atoms with E-state index in [-0.39, 0.29) is 4.90 Å². The van der Waals surface area contributed by atoms with Crippen LogP contribution in [0.3, 0.4) is 0 Å². The highest BCUT2D eigenvalue weighted by Gasteiger charge is 2.24. The number of hydrogen-bond donors (Lipinski definition) is 1. The molecule has 0 bridgehead atoms. The number of methoxy groups -OCH3 is 1. The van der Waals surface area contributed by atoms with Gasteiger partial charge in [-0.3, -0.25) is 0 Å². The summed E-state index contributed by atoms with van der Waals surface area (Å²) < 4.78 is 30.9. The van der Waals surface area contributed by atoms with E-state index in [1.165, 1.54) is 27.3 Å². The molecule has 0 saturated carbocycles. The molecule has 0 aliphatic carbocycles. The lowest BCUT2D eigenvalue weighted by molar-refractivity contribution is 0.393. The molecule has 108 valence electrons. The number of nitrogens with zero attached hydrogens (tertiary/aromatic N) is 1. The van der Waals surface area contributed by atoms with Crippen molar-refractivity contribution in [1.29, 1.82) is 0 Å². The average Bonchev–Trinajstić information content (AvgIpc) is 2.35. The molecule has 1 N–H and O–H groups in total. The fourth-order valence-corrected chi connectivity index (χ4v) is 3.06. The van der Waals surface area contributed by atoms with Crippen LogP contribution in [-0.4, -0.2) is 40.5 Å². The van der Waals surface area contributed by atoms with Gasteiger partial charge >= 0.3 is 0 Å². The van der Waals surface area contributed by atoms with Crippen molar-refractivity contribution in [3.63, 3.8) is 0 Å². The van der Waals surface area contributed by atoms with Crippen LogP contribution >= 0.6 is 11.6 Å². The van der Waals surface area contributed by atoms with Gasteiger partial charge in [-0.05, 0) is 18.7 Å². The van der Waals surface area contributed by atoms with Crippen molar-refractivity contribution in [2.24, 2.45) is 0 Å². The summed E-state index contributed by atoms with van der Waals surface area (Å²) in [5.41, 5.74) is 0.720. The third-order valence-corrected chi connectivity index (χ3v) is 4.66. The Bertz CT molecular complexity index is 544. The molecular formula is C12H19ClN2O3S. The van der Waals surface area contributed by atoms with E-state index in [1.54, 1.807) is 6.07 Å². The van der Waals surface area contributed by atoms with E-state index in [0.717, 1.165) is 16.4 Å². The van der Waals surface area contributed by atoms with E-state index in [9.17, 15) is 8.42 Å². The van der Waals surface area contributed by atoms with Gasteiger partial charge in [-0.1, -0.05) is 18.5 Å². The molecule has 0 heterocycles. The number of ether oxygens (including phenoxy) is 1. The first kappa shape index (κ1) is 16.2. The fourth-order valence-electron chi connectivity index (χ4n) is 1.63. The topological polar surface area (TPSA) is 58.6 Å². The first-order chi connectivity index (χ1) is 8.84. The monoisotopic (exact) mass is 306 g/mol. The van der Waals surface area contributed by atoms with Crippen molar-refractivity contribution >= 4 is 21.6 Å². The Kier molecular flexibility index (Phi) is 5.61. The van der Waals surface area contributed by atoms with Gasteiger partial charge in [0.15, 0.2) is 0 Å². The smallest absolute Gasteiger partial charge is 0.246 e. The van der Waals surface area contributed by atoms with Gasteiger partial charge in [0.05, 0.1) is 7.11 Å². The quantitative estimate of drug-likeness (QED) is 0.869. The summed E-state index contributed by atoms with van der Waals surface area (Å²) in [4.78, 5) is 0.0837. The molecule has 0 amide bonds. The molecule has 0 radical (unpaired) electrons. The van der Waals surface area contributed by atoms with Gasteiger partial charge in [0.2, 0.25) is 10.0 Å². The molecule has 1 aromatic rings. The molecule has 1 aromatic carbocycles. The Balaban J connectivity index is 3.43. The van der Waals surface area contributed by atoms with Crippen molar-refractivity contribution in [3.8, 4) is 5.75 Å². The highest BCUT2D eigenvalue weighted by molar-refractivity contribution is 7.89. The van der Waals surface area contributed by atoms with Crippen molar-refractivity contribution < 1.29 is 13.2 Å². The summed E-state index contributed by atoms with van der Waals surface area (Å²) >= 11 is 6.00. The Morgan fingerprint density at radius 2 is 2.00 bits per heavy atom. The van der Waals surface area contributed by atoms with E-state index >= 15 is 0 Å². The Morgan fingerprint density at radius 1 is 1.37 bits per heavy atom. The predicted octanol–water partition coefficient (Wildman–Crippen LogP) is 1.71. The van der Waals surface area contributed by atoms with Gasteiger partial charge in [-0.2, -0.15) is 0 Å². The zero-order valence-corrected chi connectivity index (χ0v) is 13.1. The van der Waals surface area contributed by atoms with Gasteiger partial charge in [-0.15, -0.1) is 0 Å². The highest BCUT2D eigenvalue weighted by atomic mass is 35.5. The molecule has 0 unspecified atom stereocenters. The van der Waals surface area contributed by atoms with Crippen LogP contribution in [-0.2, 0) is 16.6 Å². The minimum Gasteiger partial charge on any atom is -0.495 e. The molecular weight excluding hydrogens is 288 g/mol. The molecule has 5 nitrogen and oxygen atoms in total. The highest BCUT2D eigenvalue weighted by Crippen LogP contribution is 2.33. The van der Waals surface area contributed by atoms with Gasteiger partial charge < -0.3 is 10.1 Å². The maximum absolute atomic E-state index is 12.3. The normalized spacial score (nSPS) is 11.9. The molecule has 0 atom stereocenters. The standard InChI is InChI=1S/C12H19ClN2O3S/c1-5-14-8-9-6-10(13)7-11(12(9)18-4)19(16,17)15(2)3/h6-7,14H,5,8H2,1-4H3. The second-order valence-corrected chi connectivity index (χ2v) is 6.72. The van der Waals surface area contributed by atoms with Crippen LogP contribution in [0.2, 0.25) is 5.02 Å². The number of sulfonamides is 1. The fraction of sp³-hybridized carbons (Fsp3) is 0.500. The van der Waals surface area contributed by atoms with Gasteiger partial charge in [0, 0.05) is 31.2 Å².